The van der Waals surface area contributed by atoms with E-state index in [9.17, 15) is 4.79 Å². The van der Waals surface area contributed by atoms with Gasteiger partial charge in [-0.1, -0.05) is 67.2 Å². The Morgan fingerprint density at radius 3 is 2.17 bits per heavy atom. The van der Waals surface area contributed by atoms with Crippen LogP contribution in [0.15, 0.2) is 72.9 Å². The van der Waals surface area contributed by atoms with Crippen molar-refractivity contribution in [1.29, 1.82) is 0 Å². The summed E-state index contributed by atoms with van der Waals surface area (Å²) in [6, 6.07) is 20.0. The van der Waals surface area contributed by atoms with Crippen LogP contribution in [0.1, 0.15) is 17.5 Å². The number of benzene rings is 2. The van der Waals surface area contributed by atoms with E-state index in [1.165, 1.54) is 5.56 Å². The topological polar surface area (TPSA) is 67.1 Å². The summed E-state index contributed by atoms with van der Waals surface area (Å²) in [5.74, 6) is -0.200. The third-order valence-corrected chi connectivity index (χ3v) is 3.79. The fourth-order valence-corrected chi connectivity index (χ4v) is 2.32. The van der Waals surface area contributed by atoms with Crippen LogP contribution in [0.2, 0.25) is 0 Å². The van der Waals surface area contributed by atoms with Crippen LogP contribution in [0.5, 0.6) is 0 Å². The molecule has 0 heterocycles. The third-order valence-electron chi connectivity index (χ3n) is 3.79. The lowest BCUT2D eigenvalue weighted by atomic mass is 10.1. The van der Waals surface area contributed by atoms with Gasteiger partial charge in [0, 0.05) is 19.1 Å². The highest BCUT2D eigenvalue weighted by atomic mass is 16.2. The third kappa shape index (κ3) is 6.26. The number of nitrogens with one attached hydrogen (secondary N) is 2. The van der Waals surface area contributed by atoms with Crippen LogP contribution in [0, 0.1) is 0 Å². The molecule has 0 spiro atoms. The number of hydrogen-bond acceptors (Lipinski definition) is 3. The number of nitrogens with two attached hydrogens (primary N) is 1. The molecule has 0 aliphatic rings. The Balaban J connectivity index is 1.65. The van der Waals surface area contributed by atoms with E-state index in [0.29, 0.717) is 18.8 Å². The zero-order chi connectivity index (χ0) is 17.2. The first-order chi connectivity index (χ1) is 11.6. The monoisotopic (exact) mass is 323 g/mol. The second-order valence-electron chi connectivity index (χ2n) is 5.81. The first-order valence-electron chi connectivity index (χ1n) is 8.19. The molecule has 0 fully saturated rings. The first kappa shape index (κ1) is 17.8. The average Bonchev–Trinajstić information content (AvgIpc) is 2.64. The van der Waals surface area contributed by atoms with Gasteiger partial charge in [-0.15, -0.1) is 0 Å². The Kier molecular flexibility index (Phi) is 7.05. The molecule has 4 heteroatoms. The van der Waals surface area contributed by atoms with E-state index < -0.39 is 0 Å². The summed E-state index contributed by atoms with van der Waals surface area (Å²) in [4.78, 5) is 12.0. The Morgan fingerprint density at radius 1 is 0.958 bits per heavy atom. The standard InChI is InChI=1S/C20H25N3O/c1-16(20(24)23-14-18-10-6-3-7-11-18)22-15-19(21)13-12-17-8-4-2-5-9-17/h2-11,19,22H,1,12-15,21H2,(H,23,24)/t19-/m1/s1. The number of rotatable bonds is 9. The quantitative estimate of drug-likeness (QED) is 0.621. The maximum atomic E-state index is 12.0. The minimum Gasteiger partial charge on any atom is -0.380 e. The maximum absolute atomic E-state index is 12.0. The molecule has 126 valence electrons. The molecule has 2 rings (SSSR count). The highest BCUT2D eigenvalue weighted by Crippen LogP contribution is 2.04. The van der Waals surface area contributed by atoms with Gasteiger partial charge in [-0.2, -0.15) is 0 Å². The van der Waals surface area contributed by atoms with Gasteiger partial charge in [-0.3, -0.25) is 4.79 Å². The van der Waals surface area contributed by atoms with Crippen LogP contribution in [0.4, 0.5) is 0 Å². The normalized spacial score (nSPS) is 11.5. The summed E-state index contributed by atoms with van der Waals surface area (Å²) in [5, 5.41) is 5.86. The molecule has 4 N–H and O–H groups in total. The molecule has 0 saturated heterocycles. The lowest BCUT2D eigenvalue weighted by Gasteiger charge is -2.15. The number of hydrogen-bond donors (Lipinski definition) is 3. The molecule has 0 aliphatic carbocycles. The minimum atomic E-state index is -0.200. The summed E-state index contributed by atoms with van der Waals surface area (Å²) in [7, 11) is 0. The summed E-state index contributed by atoms with van der Waals surface area (Å²) in [6.07, 6.45) is 1.78. The molecule has 4 nitrogen and oxygen atoms in total. The largest absolute Gasteiger partial charge is 0.380 e. The molecule has 0 aromatic heterocycles. The van der Waals surface area contributed by atoms with Crippen LogP contribution in [-0.4, -0.2) is 18.5 Å². The van der Waals surface area contributed by atoms with Gasteiger partial charge in [0.1, 0.15) is 0 Å². The van der Waals surface area contributed by atoms with E-state index in [4.69, 9.17) is 5.73 Å². The van der Waals surface area contributed by atoms with Gasteiger partial charge < -0.3 is 16.4 Å². The first-order valence-corrected chi connectivity index (χ1v) is 8.19. The van der Waals surface area contributed by atoms with Crippen LogP contribution < -0.4 is 16.4 Å². The summed E-state index contributed by atoms with van der Waals surface area (Å²) < 4.78 is 0. The molecular formula is C20H25N3O. The predicted octanol–water partition coefficient (Wildman–Crippen LogP) is 2.37. The molecule has 0 unspecified atom stereocenters. The zero-order valence-corrected chi connectivity index (χ0v) is 13.9. The molecule has 1 atom stereocenters. The van der Waals surface area contributed by atoms with Crippen molar-refractivity contribution in [3.05, 3.63) is 84.1 Å². The molecular weight excluding hydrogens is 298 g/mol. The summed E-state index contributed by atoms with van der Waals surface area (Å²) in [5.41, 5.74) is 8.77. The van der Waals surface area contributed by atoms with E-state index in [-0.39, 0.29) is 11.9 Å². The van der Waals surface area contributed by atoms with Crippen molar-refractivity contribution in [3.63, 3.8) is 0 Å². The van der Waals surface area contributed by atoms with E-state index in [0.717, 1.165) is 18.4 Å². The van der Waals surface area contributed by atoms with Gasteiger partial charge in [0.25, 0.3) is 5.91 Å². The number of carbonyl (C=O) groups is 1. The van der Waals surface area contributed by atoms with Crippen LogP contribution in [0.25, 0.3) is 0 Å². The van der Waals surface area contributed by atoms with Gasteiger partial charge in [-0.25, -0.2) is 0 Å². The predicted molar refractivity (Wildman–Crippen MR) is 98.2 cm³/mol. The Hall–Kier alpha value is -2.59. The van der Waals surface area contributed by atoms with Gasteiger partial charge >= 0.3 is 0 Å². The fourth-order valence-electron chi connectivity index (χ4n) is 2.32. The second-order valence-corrected chi connectivity index (χ2v) is 5.81. The number of aryl methyl sites for hydroxylation is 1. The number of amides is 1. The lowest BCUT2D eigenvalue weighted by Crippen LogP contribution is -2.38. The van der Waals surface area contributed by atoms with Crippen LogP contribution in [0.3, 0.4) is 0 Å². The van der Waals surface area contributed by atoms with Crippen LogP contribution in [-0.2, 0) is 17.8 Å². The lowest BCUT2D eigenvalue weighted by molar-refractivity contribution is -0.118. The van der Waals surface area contributed by atoms with Crippen molar-refractivity contribution in [2.24, 2.45) is 5.73 Å². The molecule has 0 aliphatic heterocycles. The Labute approximate surface area is 143 Å². The maximum Gasteiger partial charge on any atom is 0.267 e. The average molecular weight is 323 g/mol. The fraction of sp³-hybridized carbons (Fsp3) is 0.250. The van der Waals surface area contributed by atoms with E-state index in [2.05, 4.69) is 29.3 Å². The molecule has 0 saturated carbocycles. The van der Waals surface area contributed by atoms with Gasteiger partial charge in [0.15, 0.2) is 0 Å². The van der Waals surface area contributed by atoms with Crippen LogP contribution >= 0.6 is 0 Å². The van der Waals surface area contributed by atoms with E-state index in [1.54, 1.807) is 0 Å². The Bertz CT molecular complexity index is 640. The summed E-state index contributed by atoms with van der Waals surface area (Å²) in [6.45, 7) is 4.80. The van der Waals surface area contributed by atoms with Crippen molar-refractivity contribution in [3.8, 4) is 0 Å². The van der Waals surface area contributed by atoms with Crippen molar-refractivity contribution in [2.75, 3.05) is 6.54 Å². The molecule has 0 bridgehead atoms. The smallest absolute Gasteiger partial charge is 0.267 e. The van der Waals surface area contributed by atoms with Gasteiger partial charge in [-0.05, 0) is 24.0 Å². The van der Waals surface area contributed by atoms with Gasteiger partial charge in [0.05, 0.1) is 5.70 Å². The van der Waals surface area contributed by atoms with E-state index in [1.807, 2.05) is 48.5 Å². The van der Waals surface area contributed by atoms with Crippen molar-refractivity contribution >= 4 is 5.91 Å². The summed E-state index contributed by atoms with van der Waals surface area (Å²) >= 11 is 0. The van der Waals surface area contributed by atoms with Gasteiger partial charge in [0.2, 0.25) is 0 Å². The minimum absolute atomic E-state index is 0.0242. The SMILES string of the molecule is C=C(NC[C@H](N)CCc1ccccc1)C(=O)NCc1ccccc1. The van der Waals surface area contributed by atoms with Crippen molar-refractivity contribution < 1.29 is 4.79 Å². The van der Waals surface area contributed by atoms with Crippen molar-refractivity contribution in [1.82, 2.24) is 10.6 Å². The molecule has 24 heavy (non-hydrogen) atoms. The molecule has 1 amide bonds. The Morgan fingerprint density at radius 2 is 1.54 bits per heavy atom. The molecule has 2 aromatic rings. The zero-order valence-electron chi connectivity index (χ0n) is 13.9. The van der Waals surface area contributed by atoms with E-state index >= 15 is 0 Å². The number of carbonyl (C=O) groups excluding carboxylic acids is 1. The highest BCUT2D eigenvalue weighted by molar-refractivity contribution is 5.92. The molecule has 2 aromatic carbocycles. The highest BCUT2D eigenvalue weighted by Gasteiger charge is 2.09. The second kappa shape index (κ2) is 9.53. The van der Waals surface area contributed by atoms with Crippen molar-refractivity contribution in [2.45, 2.75) is 25.4 Å². The molecule has 0 radical (unpaired) electrons.